The van der Waals surface area contributed by atoms with Gasteiger partial charge in [-0.3, -0.25) is 14.6 Å². The third-order valence-electron chi connectivity index (χ3n) is 5.60. The molecule has 2 N–H and O–H groups in total. The van der Waals surface area contributed by atoms with Crippen molar-refractivity contribution < 1.29 is 18.0 Å². The first-order valence-electron chi connectivity index (χ1n) is 10.1. The molecular weight excluding hydrogens is 439 g/mol. The minimum absolute atomic E-state index is 0.125. The molecule has 3 aromatic rings. The predicted molar refractivity (Wildman–Crippen MR) is 113 cm³/mol. The zero-order valence-electron chi connectivity index (χ0n) is 18.2. The maximum absolute atomic E-state index is 13.2. The molecule has 9 nitrogen and oxygen atoms in total. The van der Waals surface area contributed by atoms with E-state index < -0.39 is 17.7 Å². The maximum atomic E-state index is 13.2. The fourth-order valence-electron chi connectivity index (χ4n) is 3.49. The number of aromatic nitrogens is 4. The molecule has 0 saturated heterocycles. The van der Waals surface area contributed by atoms with E-state index in [-0.39, 0.29) is 28.5 Å². The van der Waals surface area contributed by atoms with E-state index in [9.17, 15) is 22.8 Å². The molecule has 0 aliphatic carbocycles. The molecule has 0 spiro atoms. The molecule has 2 aromatic heterocycles. The largest absolute Gasteiger partial charge is 0.442 e. The Labute approximate surface area is 185 Å². The first-order valence-corrected chi connectivity index (χ1v) is 10.1. The normalized spacial score (nSPS) is 14.4. The standard InChI is InChI=1S/C21H20F3N7O2/c1-5-15-12(4)25-19(27-18(15)33)31-16(10(2)11(3)28-31)26-17(32)13-6-8-14(9-7-13)20(29-30-20)21(22,23)24/h6-9H,5H2,1-4H3,(H,26,32)(H,25,27,33). The van der Waals surface area contributed by atoms with Crippen LogP contribution in [0.3, 0.4) is 0 Å². The lowest BCUT2D eigenvalue weighted by atomic mass is 10.0. The van der Waals surface area contributed by atoms with Crippen LogP contribution >= 0.6 is 0 Å². The Kier molecular flexibility index (Phi) is 5.18. The lowest BCUT2D eigenvalue weighted by Gasteiger charge is -2.15. The van der Waals surface area contributed by atoms with Crippen molar-refractivity contribution in [3.8, 4) is 5.95 Å². The average Bonchev–Trinajstić information content (AvgIpc) is 3.53. The number of carbonyl (C=O) groups is 1. The van der Waals surface area contributed by atoms with Crippen molar-refractivity contribution in [2.75, 3.05) is 5.32 Å². The fourth-order valence-corrected chi connectivity index (χ4v) is 3.49. The second-order valence-electron chi connectivity index (χ2n) is 7.68. The summed E-state index contributed by atoms with van der Waals surface area (Å²) in [6, 6.07) is 4.88. The van der Waals surface area contributed by atoms with Crippen molar-refractivity contribution in [3.63, 3.8) is 0 Å². The van der Waals surface area contributed by atoms with Crippen LogP contribution in [0.25, 0.3) is 5.95 Å². The molecule has 0 bridgehead atoms. The number of nitrogens with zero attached hydrogens (tertiary/aromatic N) is 5. The molecule has 1 aliphatic rings. The summed E-state index contributed by atoms with van der Waals surface area (Å²) < 4.78 is 40.9. The third kappa shape index (κ3) is 3.70. The van der Waals surface area contributed by atoms with Crippen LogP contribution in [-0.4, -0.2) is 31.8 Å². The summed E-state index contributed by atoms with van der Waals surface area (Å²) in [6.45, 7) is 7.04. The number of hydrogen-bond acceptors (Lipinski definition) is 6. The van der Waals surface area contributed by atoms with E-state index in [2.05, 4.69) is 30.6 Å². The monoisotopic (exact) mass is 459 g/mol. The van der Waals surface area contributed by atoms with E-state index in [1.54, 1.807) is 20.8 Å². The van der Waals surface area contributed by atoms with E-state index in [4.69, 9.17) is 0 Å². The van der Waals surface area contributed by atoms with Crippen molar-refractivity contribution in [2.24, 2.45) is 10.2 Å². The lowest BCUT2D eigenvalue weighted by molar-refractivity contribution is -0.166. The molecular formula is C21H20F3N7O2. The number of anilines is 1. The molecule has 33 heavy (non-hydrogen) atoms. The molecule has 0 radical (unpaired) electrons. The SMILES string of the molecule is CCc1c(C)nc(-n2nc(C)c(C)c2NC(=O)c2ccc(C3(C(F)(F)F)N=N3)cc2)[nH]c1=O. The Bertz CT molecular complexity index is 1330. The van der Waals surface area contributed by atoms with E-state index in [0.717, 1.165) is 0 Å². The summed E-state index contributed by atoms with van der Waals surface area (Å²) in [4.78, 5) is 32.3. The van der Waals surface area contributed by atoms with Crippen LogP contribution in [-0.2, 0) is 12.1 Å². The number of rotatable bonds is 5. The number of halogens is 3. The van der Waals surface area contributed by atoms with Crippen molar-refractivity contribution in [3.05, 3.63) is 68.3 Å². The first-order chi connectivity index (χ1) is 15.5. The van der Waals surface area contributed by atoms with Gasteiger partial charge in [-0.15, -0.1) is 10.2 Å². The number of alkyl halides is 3. The van der Waals surface area contributed by atoms with Crippen LogP contribution < -0.4 is 10.9 Å². The van der Waals surface area contributed by atoms with Gasteiger partial charge in [0.2, 0.25) is 5.95 Å². The highest BCUT2D eigenvalue weighted by Gasteiger charge is 2.65. The van der Waals surface area contributed by atoms with Crippen LogP contribution in [0.15, 0.2) is 39.3 Å². The molecule has 0 atom stereocenters. The Morgan fingerprint density at radius 1 is 1.12 bits per heavy atom. The van der Waals surface area contributed by atoms with E-state index in [1.165, 1.54) is 28.9 Å². The number of aryl methyl sites for hydroxylation is 2. The molecule has 4 rings (SSSR count). The van der Waals surface area contributed by atoms with Gasteiger partial charge in [0, 0.05) is 27.9 Å². The summed E-state index contributed by atoms with van der Waals surface area (Å²) in [6.07, 6.45) is -4.13. The average molecular weight is 459 g/mol. The third-order valence-corrected chi connectivity index (χ3v) is 5.60. The number of carbonyl (C=O) groups excluding carboxylic acids is 1. The highest BCUT2D eigenvalue weighted by Crippen LogP contribution is 2.52. The molecule has 1 aromatic carbocycles. The maximum Gasteiger partial charge on any atom is 0.442 e. The number of amides is 1. The zero-order chi connectivity index (χ0) is 24.1. The van der Waals surface area contributed by atoms with Gasteiger partial charge in [-0.2, -0.15) is 23.0 Å². The number of hydrogen-bond donors (Lipinski definition) is 2. The van der Waals surface area contributed by atoms with Gasteiger partial charge in [-0.25, -0.2) is 4.98 Å². The van der Waals surface area contributed by atoms with Gasteiger partial charge in [-0.05, 0) is 39.3 Å². The predicted octanol–water partition coefficient (Wildman–Crippen LogP) is 3.88. The molecule has 0 fully saturated rings. The van der Waals surface area contributed by atoms with Gasteiger partial charge < -0.3 is 5.32 Å². The van der Waals surface area contributed by atoms with Gasteiger partial charge in [-0.1, -0.05) is 19.1 Å². The molecule has 3 heterocycles. The minimum atomic E-state index is -4.65. The van der Waals surface area contributed by atoms with Crippen molar-refractivity contribution in [1.29, 1.82) is 0 Å². The highest BCUT2D eigenvalue weighted by atomic mass is 19.4. The Morgan fingerprint density at radius 2 is 1.76 bits per heavy atom. The smallest absolute Gasteiger partial charge is 0.306 e. The zero-order valence-corrected chi connectivity index (χ0v) is 18.2. The summed E-state index contributed by atoms with van der Waals surface area (Å²) in [5, 5.41) is 13.4. The Morgan fingerprint density at radius 3 is 2.27 bits per heavy atom. The summed E-state index contributed by atoms with van der Waals surface area (Å²) >= 11 is 0. The number of H-pyrrole nitrogens is 1. The Balaban J connectivity index is 1.64. The topological polar surface area (TPSA) is 117 Å². The summed E-state index contributed by atoms with van der Waals surface area (Å²) in [7, 11) is 0. The first kappa shape index (κ1) is 22.4. The van der Waals surface area contributed by atoms with Gasteiger partial charge in [0.15, 0.2) is 0 Å². The van der Waals surface area contributed by atoms with Crippen LogP contribution in [0.1, 0.15) is 45.4 Å². The second kappa shape index (κ2) is 7.64. The number of nitrogens with one attached hydrogen (secondary N) is 2. The van der Waals surface area contributed by atoms with Gasteiger partial charge in [0.05, 0.1) is 5.69 Å². The lowest BCUT2D eigenvalue weighted by Crippen LogP contribution is -2.30. The molecule has 1 aliphatic heterocycles. The van der Waals surface area contributed by atoms with E-state index >= 15 is 0 Å². The van der Waals surface area contributed by atoms with Crippen LogP contribution in [0.4, 0.5) is 19.0 Å². The number of benzene rings is 1. The van der Waals surface area contributed by atoms with Crippen molar-refractivity contribution in [2.45, 2.75) is 46.0 Å². The molecule has 172 valence electrons. The molecule has 1 amide bonds. The van der Waals surface area contributed by atoms with Gasteiger partial charge in [0.25, 0.3) is 11.5 Å². The van der Waals surface area contributed by atoms with Crippen LogP contribution in [0.5, 0.6) is 0 Å². The minimum Gasteiger partial charge on any atom is -0.306 e. The van der Waals surface area contributed by atoms with Crippen LogP contribution in [0.2, 0.25) is 0 Å². The number of aromatic amines is 1. The Hall–Kier alpha value is -3.83. The molecule has 0 unspecified atom stereocenters. The van der Waals surface area contributed by atoms with E-state index in [1.807, 2.05) is 6.92 Å². The fraction of sp³-hybridized carbons (Fsp3) is 0.333. The van der Waals surface area contributed by atoms with Gasteiger partial charge in [0.1, 0.15) is 5.82 Å². The summed E-state index contributed by atoms with van der Waals surface area (Å²) in [5.41, 5.74) is -0.546. The quantitative estimate of drug-likeness (QED) is 0.602. The molecule has 0 saturated carbocycles. The van der Waals surface area contributed by atoms with Crippen LogP contribution in [0, 0.1) is 20.8 Å². The second-order valence-corrected chi connectivity index (χ2v) is 7.68. The van der Waals surface area contributed by atoms with Crippen molar-refractivity contribution >= 4 is 11.7 Å². The highest BCUT2D eigenvalue weighted by molar-refractivity contribution is 6.04. The molecule has 12 heteroatoms. The summed E-state index contributed by atoms with van der Waals surface area (Å²) in [5.74, 6) is -0.145. The van der Waals surface area contributed by atoms with Crippen molar-refractivity contribution in [1.82, 2.24) is 19.7 Å². The van der Waals surface area contributed by atoms with E-state index in [0.29, 0.717) is 28.9 Å². The van der Waals surface area contributed by atoms with Gasteiger partial charge >= 0.3 is 11.8 Å².